The van der Waals surface area contributed by atoms with Gasteiger partial charge in [0.2, 0.25) is 0 Å². The van der Waals surface area contributed by atoms with E-state index in [0.29, 0.717) is 0 Å². The topological polar surface area (TPSA) is 11.4 Å². The first-order chi connectivity index (χ1) is 33.5. The Morgan fingerprint density at radius 2 is 0.926 bits per heavy atom. The third-order valence-electron chi connectivity index (χ3n) is 15.7. The predicted molar refractivity (Wildman–Crippen MR) is 285 cm³/mol. The fourth-order valence-corrected chi connectivity index (χ4v) is 13.1. The largest absolute Gasteiger partial charge is 0.311 e. The summed E-state index contributed by atoms with van der Waals surface area (Å²) in [6, 6.07) is 80.7. The first kappa shape index (κ1) is 37.8. The number of fused-ring (bicyclic) bond motifs is 17. The van der Waals surface area contributed by atoms with Crippen LogP contribution in [0.15, 0.2) is 212 Å². The fourth-order valence-electron chi connectivity index (χ4n) is 13.1. The number of anilines is 6. The Morgan fingerprint density at radius 1 is 0.353 bits per heavy atom. The van der Waals surface area contributed by atoms with Crippen LogP contribution >= 0.6 is 0 Å². The maximum Gasteiger partial charge on any atom is 0.252 e. The highest BCUT2D eigenvalue weighted by Crippen LogP contribution is 2.64. The summed E-state index contributed by atoms with van der Waals surface area (Å²) in [4.78, 5) is 5.10. The van der Waals surface area contributed by atoms with Gasteiger partial charge in [0.15, 0.2) is 0 Å². The van der Waals surface area contributed by atoms with Crippen LogP contribution in [0.2, 0.25) is 0 Å². The Morgan fingerprint density at radius 3 is 1.66 bits per heavy atom. The second-order valence-corrected chi connectivity index (χ2v) is 19.4. The summed E-state index contributed by atoms with van der Waals surface area (Å²) in [5.41, 5.74) is 28.7. The maximum absolute atomic E-state index is 2.61. The van der Waals surface area contributed by atoms with Crippen LogP contribution in [0.4, 0.5) is 34.1 Å². The first-order valence-electron chi connectivity index (χ1n) is 24.0. The van der Waals surface area contributed by atoms with Gasteiger partial charge in [-0.2, -0.15) is 0 Å². The average Bonchev–Trinajstić information content (AvgIpc) is 3.98. The summed E-state index contributed by atoms with van der Waals surface area (Å²) < 4.78 is 2.52. The molecule has 2 aliphatic carbocycles. The highest BCUT2D eigenvalue weighted by Gasteiger charge is 2.54. The van der Waals surface area contributed by atoms with Crippen molar-refractivity contribution >= 4 is 79.0 Å². The van der Waals surface area contributed by atoms with Gasteiger partial charge in [0.05, 0.1) is 22.1 Å². The van der Waals surface area contributed by atoms with Crippen molar-refractivity contribution in [2.45, 2.75) is 26.2 Å². The molecule has 0 bridgehead atoms. The number of hydrogen-bond donors (Lipinski definition) is 0. The average molecular weight is 866 g/mol. The van der Waals surface area contributed by atoms with Gasteiger partial charge in [-0.1, -0.05) is 157 Å². The van der Waals surface area contributed by atoms with E-state index in [4.69, 9.17) is 0 Å². The molecule has 0 amide bonds. The number of rotatable bonds is 3. The molecule has 318 valence electrons. The SMILES string of the molecule is Cc1ccc(N2c3ccc(C)cc3B3c4cc5c(cc4N(c4ccccc4)c4cc(C)cc2c43)C2(c3ccccc3-5)c3ccccc3-c3c(-n4c5ccccc5c5ccccc54)cccc32)cc1. The van der Waals surface area contributed by atoms with E-state index in [0.717, 1.165) is 5.69 Å². The minimum atomic E-state index is -0.564. The van der Waals surface area contributed by atoms with Crippen LogP contribution in [0.3, 0.4) is 0 Å². The Labute approximate surface area is 396 Å². The van der Waals surface area contributed by atoms with Gasteiger partial charge in [-0.3, -0.25) is 0 Å². The van der Waals surface area contributed by atoms with E-state index in [1.807, 2.05) is 0 Å². The van der Waals surface area contributed by atoms with Crippen LogP contribution in [-0.2, 0) is 5.41 Å². The highest BCUT2D eigenvalue weighted by molar-refractivity contribution is 7.00. The molecule has 0 N–H and O–H groups in total. The second kappa shape index (κ2) is 13.6. The molecule has 15 rings (SSSR count). The summed E-state index contributed by atoms with van der Waals surface area (Å²) in [5.74, 6) is 0. The van der Waals surface area contributed by atoms with Gasteiger partial charge in [-0.15, -0.1) is 0 Å². The Kier molecular flexibility index (Phi) is 7.58. The molecular weight excluding hydrogens is 822 g/mol. The predicted octanol–water partition coefficient (Wildman–Crippen LogP) is 14.1. The van der Waals surface area contributed by atoms with Crippen molar-refractivity contribution in [2.75, 3.05) is 9.80 Å². The standard InChI is InChI=1S/C64H44BN3/c1-39-28-31-43(32-29-39)66-57-33-30-40(2)34-53(57)65-54-37-48-44-18-7-11-22-49(44)64(52(48)38-59(54)67(42-16-5-4-6-17-42)61-36-41(3)35-60(66)63(61)65)50-23-12-8-21-47(50)62-51(64)24-15-27-58(62)68-55-25-13-9-19-45(55)46-20-10-14-26-56(46)68/h4-38H,1-3H3. The monoisotopic (exact) mass is 865 g/mol. The summed E-state index contributed by atoms with van der Waals surface area (Å²) in [7, 11) is 0. The Hall–Kier alpha value is -8.34. The molecular formula is C64H44BN3. The van der Waals surface area contributed by atoms with Crippen molar-refractivity contribution in [1.82, 2.24) is 4.57 Å². The van der Waals surface area contributed by atoms with E-state index in [9.17, 15) is 0 Å². The third kappa shape index (κ3) is 4.79. The number of benzene rings is 10. The molecule has 0 radical (unpaired) electrons. The molecule has 68 heavy (non-hydrogen) atoms. The number of hydrogen-bond acceptors (Lipinski definition) is 2. The van der Waals surface area contributed by atoms with E-state index < -0.39 is 5.41 Å². The van der Waals surface area contributed by atoms with E-state index in [1.165, 1.54) is 134 Å². The Balaban J connectivity index is 1.06. The molecule has 1 aromatic heterocycles. The van der Waals surface area contributed by atoms with Crippen LogP contribution in [0.25, 0.3) is 49.7 Å². The lowest BCUT2D eigenvalue weighted by atomic mass is 9.33. The first-order valence-corrected chi connectivity index (χ1v) is 24.0. The molecule has 2 aliphatic heterocycles. The normalized spacial score (nSPS) is 15.5. The van der Waals surface area contributed by atoms with E-state index in [-0.39, 0.29) is 6.71 Å². The maximum atomic E-state index is 2.61. The van der Waals surface area contributed by atoms with Crippen molar-refractivity contribution < 1.29 is 0 Å². The van der Waals surface area contributed by atoms with Crippen LogP contribution in [0.1, 0.15) is 38.9 Å². The van der Waals surface area contributed by atoms with Gasteiger partial charge in [-0.25, -0.2) is 0 Å². The van der Waals surface area contributed by atoms with E-state index >= 15 is 0 Å². The van der Waals surface area contributed by atoms with Crippen LogP contribution in [0.5, 0.6) is 0 Å². The molecule has 1 unspecified atom stereocenters. The summed E-state index contributed by atoms with van der Waals surface area (Å²) in [6.45, 7) is 6.68. The van der Waals surface area contributed by atoms with Crippen LogP contribution in [-0.4, -0.2) is 11.3 Å². The number of nitrogens with zero attached hydrogens (tertiary/aromatic N) is 3. The van der Waals surface area contributed by atoms with Gasteiger partial charge in [-0.05, 0) is 148 Å². The quantitative estimate of drug-likeness (QED) is 0.164. The lowest BCUT2D eigenvalue weighted by Crippen LogP contribution is -2.61. The van der Waals surface area contributed by atoms with Crippen molar-refractivity contribution in [2.24, 2.45) is 0 Å². The number of aromatic nitrogens is 1. The summed E-state index contributed by atoms with van der Waals surface area (Å²) >= 11 is 0. The van der Waals surface area contributed by atoms with Crippen molar-refractivity contribution in [3.05, 3.63) is 251 Å². The zero-order chi connectivity index (χ0) is 45.0. The minimum absolute atomic E-state index is 0.00577. The van der Waals surface area contributed by atoms with Gasteiger partial charge in [0, 0.05) is 50.5 Å². The second-order valence-electron chi connectivity index (χ2n) is 19.4. The minimum Gasteiger partial charge on any atom is -0.311 e. The molecule has 4 aliphatic rings. The third-order valence-corrected chi connectivity index (χ3v) is 15.7. The lowest BCUT2D eigenvalue weighted by molar-refractivity contribution is 0.793. The van der Waals surface area contributed by atoms with Crippen molar-refractivity contribution in [1.29, 1.82) is 0 Å². The molecule has 0 saturated heterocycles. The number of aryl methyl sites for hydroxylation is 3. The lowest BCUT2D eigenvalue weighted by Gasteiger charge is -2.45. The smallest absolute Gasteiger partial charge is 0.252 e. The molecule has 4 heteroatoms. The molecule has 3 heterocycles. The molecule has 11 aromatic rings. The van der Waals surface area contributed by atoms with Crippen molar-refractivity contribution in [3.63, 3.8) is 0 Å². The highest BCUT2D eigenvalue weighted by atomic mass is 15.2. The molecule has 10 aromatic carbocycles. The fraction of sp³-hybridized carbons (Fsp3) is 0.0625. The van der Waals surface area contributed by atoms with Gasteiger partial charge >= 0.3 is 0 Å². The zero-order valence-electron chi connectivity index (χ0n) is 38.1. The van der Waals surface area contributed by atoms with Gasteiger partial charge in [0.1, 0.15) is 0 Å². The molecule has 1 spiro atoms. The van der Waals surface area contributed by atoms with Gasteiger partial charge in [0.25, 0.3) is 6.71 Å². The summed E-state index contributed by atoms with van der Waals surface area (Å²) in [6.07, 6.45) is 0. The molecule has 1 atom stereocenters. The number of para-hydroxylation sites is 3. The molecule has 0 saturated carbocycles. The van der Waals surface area contributed by atoms with E-state index in [1.54, 1.807) is 0 Å². The van der Waals surface area contributed by atoms with Crippen LogP contribution < -0.4 is 26.2 Å². The molecule has 3 nitrogen and oxygen atoms in total. The Bertz CT molecular complexity index is 3920. The van der Waals surface area contributed by atoms with E-state index in [2.05, 4.69) is 247 Å². The van der Waals surface area contributed by atoms with Crippen LogP contribution in [0, 0.1) is 20.8 Å². The van der Waals surface area contributed by atoms with Gasteiger partial charge < -0.3 is 14.4 Å². The zero-order valence-corrected chi connectivity index (χ0v) is 38.1. The van der Waals surface area contributed by atoms with Crippen molar-refractivity contribution in [3.8, 4) is 27.9 Å². The molecule has 0 fully saturated rings. The summed E-state index contributed by atoms with van der Waals surface area (Å²) in [5, 5.41) is 2.54.